The summed E-state index contributed by atoms with van der Waals surface area (Å²) in [6.45, 7) is 0.536. The van der Waals surface area contributed by atoms with E-state index in [1.807, 2.05) is 48.5 Å². The van der Waals surface area contributed by atoms with Gasteiger partial charge in [-0.1, -0.05) is 30.3 Å². The van der Waals surface area contributed by atoms with Crippen molar-refractivity contribution >= 4 is 16.9 Å². The van der Waals surface area contributed by atoms with Crippen molar-refractivity contribution in [3.63, 3.8) is 0 Å². The molecule has 0 aliphatic rings. The Morgan fingerprint density at radius 2 is 1.96 bits per heavy atom. The topological polar surface area (TPSA) is 87.1 Å². The quantitative estimate of drug-likeness (QED) is 0.613. The molecule has 0 atom stereocenters. The molecule has 0 saturated heterocycles. The van der Waals surface area contributed by atoms with E-state index in [0.717, 1.165) is 16.6 Å². The number of nitrogens with two attached hydrogens (primary N) is 1. The van der Waals surface area contributed by atoms with Gasteiger partial charge >= 0.3 is 0 Å². The molecule has 2 N–H and O–H groups in total. The Morgan fingerprint density at radius 3 is 2.80 bits per heavy atom. The van der Waals surface area contributed by atoms with E-state index in [-0.39, 0.29) is 5.82 Å². The summed E-state index contributed by atoms with van der Waals surface area (Å²) in [5.41, 5.74) is 10.6. The first-order valence-corrected chi connectivity index (χ1v) is 7.81. The zero-order valence-electron chi connectivity index (χ0n) is 13.6. The fraction of sp³-hybridized carbons (Fsp3) is 0.105. The number of oxazole rings is 1. The van der Waals surface area contributed by atoms with Crippen LogP contribution in [-0.4, -0.2) is 22.1 Å². The minimum Gasteiger partial charge on any atom is -0.435 e. The van der Waals surface area contributed by atoms with Crippen LogP contribution < -0.4 is 5.73 Å². The molecule has 4 aromatic rings. The molecular weight excluding hydrogens is 316 g/mol. The molecule has 2 aromatic heterocycles. The molecule has 0 saturated carbocycles. The first-order valence-electron chi connectivity index (χ1n) is 7.81. The predicted molar refractivity (Wildman–Crippen MR) is 95.6 cm³/mol. The number of rotatable bonds is 4. The maximum Gasteiger partial charge on any atom is 0.250 e. The number of hydrogen-bond donors (Lipinski definition) is 1. The summed E-state index contributed by atoms with van der Waals surface area (Å²) in [6.07, 6.45) is 1.65. The number of ether oxygens (including phenoxy) is 1. The molecule has 0 fully saturated rings. The Morgan fingerprint density at radius 1 is 1.08 bits per heavy atom. The van der Waals surface area contributed by atoms with Gasteiger partial charge in [0.25, 0.3) is 0 Å². The van der Waals surface area contributed by atoms with Crippen LogP contribution in [0.15, 0.2) is 59.1 Å². The first kappa shape index (κ1) is 15.3. The number of nitrogens with zero attached hydrogens (tertiary/aromatic N) is 3. The van der Waals surface area contributed by atoms with Gasteiger partial charge in [0.15, 0.2) is 17.1 Å². The summed E-state index contributed by atoms with van der Waals surface area (Å²) in [5, 5.41) is 0. The number of fused-ring (bicyclic) bond motifs is 1. The van der Waals surface area contributed by atoms with Crippen LogP contribution in [0.2, 0.25) is 0 Å². The van der Waals surface area contributed by atoms with Crippen molar-refractivity contribution in [1.29, 1.82) is 0 Å². The highest BCUT2D eigenvalue weighted by Gasteiger charge is 2.15. The summed E-state index contributed by atoms with van der Waals surface area (Å²) in [7, 11) is 1.67. The van der Waals surface area contributed by atoms with Gasteiger partial charge < -0.3 is 14.9 Å². The third-order valence-electron chi connectivity index (χ3n) is 3.83. The number of hydrogen-bond acceptors (Lipinski definition) is 6. The zero-order valence-corrected chi connectivity index (χ0v) is 13.6. The molecule has 6 heteroatoms. The second-order valence-corrected chi connectivity index (χ2v) is 5.61. The molecule has 25 heavy (non-hydrogen) atoms. The lowest BCUT2D eigenvalue weighted by atomic mass is 10.1. The maximum atomic E-state index is 6.01. The van der Waals surface area contributed by atoms with Crippen molar-refractivity contribution in [1.82, 2.24) is 15.0 Å². The van der Waals surface area contributed by atoms with E-state index in [4.69, 9.17) is 14.9 Å². The van der Waals surface area contributed by atoms with Gasteiger partial charge in [0.2, 0.25) is 5.89 Å². The minimum absolute atomic E-state index is 0.281. The first-order chi connectivity index (χ1) is 12.2. The summed E-state index contributed by atoms with van der Waals surface area (Å²) in [4.78, 5) is 13.3. The van der Waals surface area contributed by atoms with Crippen LogP contribution in [0.3, 0.4) is 0 Å². The molecule has 2 heterocycles. The molecule has 0 aliphatic carbocycles. The van der Waals surface area contributed by atoms with E-state index in [2.05, 4.69) is 15.0 Å². The van der Waals surface area contributed by atoms with Gasteiger partial charge in [0.05, 0.1) is 18.5 Å². The third kappa shape index (κ3) is 2.95. The SMILES string of the molecule is COCc1cccc(-c2cnc(N)c(-c3nc4ccccc4o3)n2)c1. The molecule has 6 nitrogen and oxygen atoms in total. The number of anilines is 1. The van der Waals surface area contributed by atoms with E-state index in [9.17, 15) is 0 Å². The predicted octanol–water partition coefficient (Wildman–Crippen LogP) is 3.68. The monoisotopic (exact) mass is 332 g/mol. The zero-order chi connectivity index (χ0) is 17.2. The van der Waals surface area contributed by atoms with E-state index < -0.39 is 0 Å². The number of methoxy groups -OCH3 is 1. The lowest BCUT2D eigenvalue weighted by Gasteiger charge is -2.06. The Balaban J connectivity index is 1.79. The number of benzene rings is 2. The average Bonchev–Trinajstić information content (AvgIpc) is 3.06. The Bertz CT molecular complexity index is 1010. The van der Waals surface area contributed by atoms with Gasteiger partial charge in [-0.2, -0.15) is 0 Å². The van der Waals surface area contributed by atoms with Crippen LogP contribution in [0.25, 0.3) is 33.9 Å². The van der Waals surface area contributed by atoms with Crippen molar-refractivity contribution < 1.29 is 9.15 Å². The molecule has 0 unspecified atom stereocenters. The highest BCUT2D eigenvalue weighted by molar-refractivity contribution is 5.78. The minimum atomic E-state index is 0.281. The normalized spacial score (nSPS) is 11.1. The van der Waals surface area contributed by atoms with Gasteiger partial charge in [-0.25, -0.2) is 15.0 Å². The molecule has 4 rings (SSSR count). The van der Waals surface area contributed by atoms with Gasteiger partial charge in [-0.15, -0.1) is 0 Å². The van der Waals surface area contributed by atoms with Crippen molar-refractivity contribution in [2.75, 3.05) is 12.8 Å². The summed E-state index contributed by atoms with van der Waals surface area (Å²) in [6, 6.07) is 15.5. The van der Waals surface area contributed by atoms with Gasteiger partial charge in [-0.05, 0) is 23.8 Å². The number of aromatic nitrogens is 3. The molecule has 0 amide bonds. The fourth-order valence-corrected chi connectivity index (χ4v) is 2.66. The average molecular weight is 332 g/mol. The van der Waals surface area contributed by atoms with Crippen LogP contribution in [0, 0.1) is 0 Å². The van der Waals surface area contributed by atoms with Crippen LogP contribution in [-0.2, 0) is 11.3 Å². The van der Waals surface area contributed by atoms with Crippen molar-refractivity contribution in [3.8, 4) is 22.8 Å². The van der Waals surface area contributed by atoms with Crippen LogP contribution in [0.4, 0.5) is 5.82 Å². The fourth-order valence-electron chi connectivity index (χ4n) is 2.66. The Hall–Kier alpha value is -3.25. The molecular formula is C19H16N4O2. The molecule has 0 spiro atoms. The molecule has 2 aromatic carbocycles. The Kier molecular flexibility index (Phi) is 3.87. The Labute approximate surface area is 144 Å². The molecule has 0 aliphatic heterocycles. The smallest absolute Gasteiger partial charge is 0.250 e. The van der Waals surface area contributed by atoms with E-state index in [1.54, 1.807) is 13.3 Å². The summed E-state index contributed by atoms with van der Waals surface area (Å²) in [5.74, 6) is 0.643. The van der Waals surface area contributed by atoms with E-state index in [1.165, 1.54) is 0 Å². The third-order valence-corrected chi connectivity index (χ3v) is 3.83. The molecule has 0 radical (unpaired) electrons. The highest BCUT2D eigenvalue weighted by atomic mass is 16.5. The van der Waals surface area contributed by atoms with Crippen molar-refractivity contribution in [2.24, 2.45) is 0 Å². The van der Waals surface area contributed by atoms with Crippen molar-refractivity contribution in [3.05, 3.63) is 60.3 Å². The second-order valence-electron chi connectivity index (χ2n) is 5.61. The van der Waals surface area contributed by atoms with Gasteiger partial charge in [0, 0.05) is 12.7 Å². The lowest BCUT2D eigenvalue weighted by Crippen LogP contribution is -1.99. The van der Waals surface area contributed by atoms with Gasteiger partial charge in [0.1, 0.15) is 5.52 Å². The number of para-hydroxylation sites is 2. The van der Waals surface area contributed by atoms with E-state index >= 15 is 0 Å². The van der Waals surface area contributed by atoms with E-state index in [0.29, 0.717) is 29.5 Å². The maximum absolute atomic E-state index is 6.01. The standard InChI is InChI=1S/C19H16N4O2/c1-24-11-12-5-4-6-13(9-12)15-10-21-18(20)17(22-15)19-23-14-7-2-3-8-16(14)25-19/h2-10H,11H2,1H3,(H2,20,21). The molecule has 124 valence electrons. The van der Waals surface area contributed by atoms with Gasteiger partial charge in [-0.3, -0.25) is 0 Å². The van der Waals surface area contributed by atoms with Crippen molar-refractivity contribution in [2.45, 2.75) is 6.61 Å². The van der Waals surface area contributed by atoms with Crippen LogP contribution in [0.1, 0.15) is 5.56 Å². The summed E-state index contributed by atoms with van der Waals surface area (Å²) < 4.78 is 11.0. The second kappa shape index (κ2) is 6.33. The van der Waals surface area contributed by atoms with Crippen LogP contribution >= 0.6 is 0 Å². The number of nitrogen functional groups attached to an aromatic ring is 1. The molecule has 0 bridgehead atoms. The van der Waals surface area contributed by atoms with Crippen LogP contribution in [0.5, 0.6) is 0 Å². The summed E-state index contributed by atoms with van der Waals surface area (Å²) >= 11 is 0. The largest absolute Gasteiger partial charge is 0.435 e. The highest BCUT2D eigenvalue weighted by Crippen LogP contribution is 2.28. The lowest BCUT2D eigenvalue weighted by molar-refractivity contribution is 0.185.